The van der Waals surface area contributed by atoms with Crippen LogP contribution in [0, 0.1) is 0 Å². The van der Waals surface area contributed by atoms with E-state index in [1.165, 1.54) is 0 Å². The van der Waals surface area contributed by atoms with Crippen molar-refractivity contribution in [3.8, 4) is 0 Å². The van der Waals surface area contributed by atoms with E-state index in [1.807, 2.05) is 4.98 Å². The summed E-state index contributed by atoms with van der Waals surface area (Å²) in [5.74, 6) is 0. The number of H-pyrrole nitrogens is 1. The van der Waals surface area contributed by atoms with Crippen LogP contribution in [0.4, 0.5) is 14.5 Å². The van der Waals surface area contributed by atoms with Gasteiger partial charge in [-0.15, -0.1) is 0 Å². The van der Waals surface area contributed by atoms with Crippen LogP contribution >= 0.6 is 11.6 Å². The molecule has 0 saturated heterocycles. The van der Waals surface area contributed by atoms with Crippen molar-refractivity contribution in [2.45, 2.75) is 6.43 Å². The molecule has 0 aliphatic heterocycles. The highest BCUT2D eigenvalue weighted by atomic mass is 35.5. The molecule has 1 heterocycles. The molecule has 0 saturated carbocycles. The summed E-state index contributed by atoms with van der Waals surface area (Å²) in [7, 11) is 0. The Morgan fingerprint density at radius 1 is 1.57 bits per heavy atom. The molecule has 0 radical (unpaired) electrons. The van der Waals surface area contributed by atoms with Crippen LogP contribution in [0.1, 0.15) is 22.3 Å². The predicted molar refractivity (Wildman–Crippen MR) is 46.6 cm³/mol. The highest BCUT2D eigenvalue weighted by molar-refractivity contribution is 6.68. The number of alkyl halides is 2. The van der Waals surface area contributed by atoms with E-state index in [0.29, 0.717) is 0 Å². The Bertz CT molecular complexity index is 430. The van der Waals surface area contributed by atoms with E-state index in [2.05, 4.69) is 0 Å². The normalized spacial score (nSPS) is 10.6. The smallest absolute Gasteiger partial charge is 0.267 e. The Hall–Kier alpha value is -1.43. The second-order valence-electron chi connectivity index (χ2n) is 2.44. The highest BCUT2D eigenvalue weighted by Crippen LogP contribution is 2.25. The Morgan fingerprint density at radius 3 is 2.57 bits per heavy atom. The molecule has 0 spiro atoms. The molecule has 0 aliphatic rings. The van der Waals surface area contributed by atoms with Crippen LogP contribution in [0.3, 0.4) is 0 Å². The molecule has 0 amide bonds. The first-order valence-electron chi connectivity index (χ1n) is 3.44. The lowest BCUT2D eigenvalue weighted by Gasteiger charge is -2.05. The molecular formula is C7H5ClF2N2O2. The number of nitrogens with one attached hydrogen (secondary N) is 1. The van der Waals surface area contributed by atoms with Gasteiger partial charge in [-0.3, -0.25) is 9.59 Å². The number of anilines is 1. The summed E-state index contributed by atoms with van der Waals surface area (Å²) in [5.41, 5.74) is 2.45. The topological polar surface area (TPSA) is 76.0 Å². The largest absolute Gasteiger partial charge is 0.397 e. The SMILES string of the molecule is Nc1c(C(F)F)c[nH]c(=O)c1C(=O)Cl. The van der Waals surface area contributed by atoms with E-state index in [-0.39, 0.29) is 0 Å². The first-order chi connectivity index (χ1) is 6.45. The van der Waals surface area contributed by atoms with Gasteiger partial charge in [0.2, 0.25) is 0 Å². The number of carbonyl (C=O) groups is 1. The van der Waals surface area contributed by atoms with Crippen molar-refractivity contribution in [1.82, 2.24) is 4.98 Å². The van der Waals surface area contributed by atoms with Gasteiger partial charge in [0.05, 0.1) is 11.3 Å². The zero-order valence-corrected chi connectivity index (χ0v) is 7.44. The maximum Gasteiger partial charge on any atom is 0.267 e. The van der Waals surface area contributed by atoms with Gasteiger partial charge in [-0.2, -0.15) is 0 Å². The van der Waals surface area contributed by atoms with Crippen LogP contribution in [-0.4, -0.2) is 10.2 Å². The highest BCUT2D eigenvalue weighted by Gasteiger charge is 2.20. The Morgan fingerprint density at radius 2 is 2.14 bits per heavy atom. The van der Waals surface area contributed by atoms with Crippen molar-refractivity contribution in [2.75, 3.05) is 5.73 Å². The lowest BCUT2D eigenvalue weighted by molar-refractivity contribution is 0.108. The number of hydrogen-bond acceptors (Lipinski definition) is 3. The lowest BCUT2D eigenvalue weighted by Crippen LogP contribution is -2.19. The van der Waals surface area contributed by atoms with Crippen molar-refractivity contribution < 1.29 is 13.6 Å². The number of halogens is 3. The second kappa shape index (κ2) is 3.75. The number of carbonyl (C=O) groups excluding carboxylic acids is 1. The predicted octanol–water partition coefficient (Wildman–Crippen LogP) is 1.27. The fourth-order valence-electron chi connectivity index (χ4n) is 0.936. The molecular weight excluding hydrogens is 218 g/mol. The van der Waals surface area contributed by atoms with Gasteiger partial charge >= 0.3 is 0 Å². The molecule has 76 valence electrons. The van der Waals surface area contributed by atoms with Gasteiger partial charge in [-0.1, -0.05) is 0 Å². The summed E-state index contributed by atoms with van der Waals surface area (Å²) in [5, 5.41) is -1.16. The molecule has 1 aromatic rings. The van der Waals surface area contributed by atoms with Gasteiger partial charge in [0.15, 0.2) is 0 Å². The maximum absolute atomic E-state index is 12.2. The average Bonchev–Trinajstić information content (AvgIpc) is 2.02. The third-order valence-electron chi connectivity index (χ3n) is 1.60. The Kier molecular flexibility index (Phi) is 2.85. The molecule has 0 aromatic carbocycles. The van der Waals surface area contributed by atoms with Crippen molar-refractivity contribution in [3.05, 3.63) is 27.7 Å². The zero-order valence-electron chi connectivity index (χ0n) is 6.68. The zero-order chi connectivity index (χ0) is 10.9. The van der Waals surface area contributed by atoms with Crippen LogP contribution in [0.25, 0.3) is 0 Å². The summed E-state index contributed by atoms with van der Waals surface area (Å²) >= 11 is 5.01. The number of pyridine rings is 1. The number of aromatic amines is 1. The van der Waals surface area contributed by atoms with Gasteiger partial charge in [0, 0.05) is 6.20 Å². The summed E-state index contributed by atoms with van der Waals surface area (Å²) in [4.78, 5) is 23.6. The molecule has 1 rings (SSSR count). The molecule has 0 atom stereocenters. The summed E-state index contributed by atoms with van der Waals surface area (Å²) in [6.45, 7) is 0. The molecule has 14 heavy (non-hydrogen) atoms. The minimum Gasteiger partial charge on any atom is -0.397 e. The van der Waals surface area contributed by atoms with Crippen molar-refractivity contribution in [3.63, 3.8) is 0 Å². The van der Waals surface area contributed by atoms with Crippen molar-refractivity contribution in [2.24, 2.45) is 0 Å². The van der Waals surface area contributed by atoms with Crippen LogP contribution < -0.4 is 11.3 Å². The van der Waals surface area contributed by atoms with Gasteiger partial charge < -0.3 is 10.7 Å². The average molecular weight is 223 g/mol. The monoisotopic (exact) mass is 222 g/mol. The second-order valence-corrected chi connectivity index (χ2v) is 2.78. The van der Waals surface area contributed by atoms with E-state index >= 15 is 0 Å². The number of rotatable bonds is 2. The quantitative estimate of drug-likeness (QED) is 0.740. The van der Waals surface area contributed by atoms with E-state index in [1.54, 1.807) is 0 Å². The van der Waals surface area contributed by atoms with Crippen LogP contribution in [0.2, 0.25) is 0 Å². The fourth-order valence-corrected chi connectivity index (χ4v) is 1.12. The van der Waals surface area contributed by atoms with E-state index in [9.17, 15) is 18.4 Å². The molecule has 3 N–H and O–H groups in total. The minimum absolute atomic E-state index is 0.580. The standard InChI is InChI=1S/C7H5ClF2N2O2/c8-5(13)3-4(11)2(6(9)10)1-12-7(3)14/h1,6H,(H3,11,12,14). The van der Waals surface area contributed by atoms with E-state index in [4.69, 9.17) is 17.3 Å². The Labute approximate surface area is 81.7 Å². The molecule has 1 aromatic heterocycles. The number of hydrogen-bond donors (Lipinski definition) is 2. The first-order valence-corrected chi connectivity index (χ1v) is 3.82. The van der Waals surface area contributed by atoms with Crippen molar-refractivity contribution >= 4 is 22.5 Å². The van der Waals surface area contributed by atoms with Crippen LogP contribution in [0.15, 0.2) is 11.0 Å². The summed E-state index contributed by atoms with van der Waals surface area (Å²) in [6.07, 6.45) is -2.12. The van der Waals surface area contributed by atoms with Gasteiger partial charge in [0.1, 0.15) is 5.56 Å². The van der Waals surface area contributed by atoms with Gasteiger partial charge in [-0.25, -0.2) is 8.78 Å². The summed E-state index contributed by atoms with van der Waals surface area (Å²) in [6, 6.07) is 0. The van der Waals surface area contributed by atoms with Crippen LogP contribution in [0.5, 0.6) is 0 Å². The number of nitrogen functional groups attached to an aromatic ring is 1. The number of nitrogens with two attached hydrogens (primary N) is 1. The maximum atomic E-state index is 12.2. The third kappa shape index (κ3) is 1.74. The van der Waals surface area contributed by atoms with Gasteiger partial charge in [-0.05, 0) is 11.6 Å². The Balaban J connectivity index is 3.49. The van der Waals surface area contributed by atoms with Crippen LogP contribution in [-0.2, 0) is 0 Å². The van der Waals surface area contributed by atoms with E-state index < -0.39 is 34.0 Å². The van der Waals surface area contributed by atoms with Crippen molar-refractivity contribution in [1.29, 1.82) is 0 Å². The van der Waals surface area contributed by atoms with Gasteiger partial charge in [0.25, 0.3) is 17.2 Å². The minimum atomic E-state index is -2.87. The van der Waals surface area contributed by atoms with E-state index in [0.717, 1.165) is 6.20 Å². The number of aromatic nitrogens is 1. The molecule has 4 nitrogen and oxygen atoms in total. The molecule has 0 aliphatic carbocycles. The fraction of sp³-hybridized carbons (Fsp3) is 0.143. The molecule has 0 unspecified atom stereocenters. The lowest BCUT2D eigenvalue weighted by atomic mass is 10.1. The first kappa shape index (κ1) is 10.6. The molecule has 0 fully saturated rings. The molecule has 0 bridgehead atoms. The summed E-state index contributed by atoms with van der Waals surface area (Å²) < 4.78 is 24.5. The molecule has 7 heteroatoms. The third-order valence-corrected chi connectivity index (χ3v) is 1.79.